The number of nitrogens with zero attached hydrogens (tertiary/aromatic N) is 2. The topological polar surface area (TPSA) is 18.5 Å². The second kappa shape index (κ2) is 8.40. The van der Waals surface area contributed by atoms with E-state index in [1.165, 1.54) is 37.2 Å². The van der Waals surface area contributed by atoms with Crippen LogP contribution in [0, 0.1) is 0 Å². The van der Waals surface area contributed by atoms with Crippen LogP contribution >= 0.6 is 0 Å². The molecule has 1 N–H and O–H groups in total. The Bertz CT molecular complexity index is 411. The van der Waals surface area contributed by atoms with Gasteiger partial charge in [0.15, 0.2) is 0 Å². The maximum Gasteiger partial charge on any atom is 0.0412 e. The van der Waals surface area contributed by atoms with Crippen LogP contribution in [0.15, 0.2) is 24.3 Å². The highest BCUT2D eigenvalue weighted by Gasteiger charge is 2.21. The molecule has 1 aromatic carbocycles. The normalized spacial score (nSPS) is 18.0. The van der Waals surface area contributed by atoms with Gasteiger partial charge in [0.2, 0.25) is 0 Å². The lowest BCUT2D eigenvalue weighted by atomic mass is 10.1. The summed E-state index contributed by atoms with van der Waals surface area (Å²) in [4.78, 5) is 5.18. The zero-order valence-electron chi connectivity index (χ0n) is 13.9. The molecule has 2 rings (SSSR count). The van der Waals surface area contributed by atoms with Gasteiger partial charge >= 0.3 is 0 Å². The summed E-state index contributed by atoms with van der Waals surface area (Å²) in [5.74, 6) is 0. The Balaban J connectivity index is 1.96. The third kappa shape index (κ3) is 4.45. The van der Waals surface area contributed by atoms with Crippen LogP contribution < -0.4 is 10.2 Å². The molecule has 1 atom stereocenters. The molecule has 1 fully saturated rings. The lowest BCUT2D eigenvalue weighted by molar-refractivity contribution is 0.192. The number of piperazine rings is 1. The average Bonchev–Trinajstić information content (AvgIpc) is 2.55. The third-order valence-electron chi connectivity index (χ3n) is 4.60. The summed E-state index contributed by atoms with van der Waals surface area (Å²) in [5, 5.41) is 3.53. The maximum atomic E-state index is 3.53. The Hall–Kier alpha value is -1.06. The van der Waals surface area contributed by atoms with Gasteiger partial charge in [0.1, 0.15) is 0 Å². The SMILES string of the molecule is CCCNCc1ccccc1N1CCN(C(C)CC)CC1. The first-order valence-electron chi connectivity index (χ1n) is 8.53. The van der Waals surface area contributed by atoms with Crippen molar-refractivity contribution in [3.05, 3.63) is 29.8 Å². The smallest absolute Gasteiger partial charge is 0.0412 e. The number of anilines is 1. The van der Waals surface area contributed by atoms with E-state index >= 15 is 0 Å². The van der Waals surface area contributed by atoms with Crippen LogP contribution in [0.2, 0.25) is 0 Å². The lowest BCUT2D eigenvalue weighted by Gasteiger charge is -2.39. The van der Waals surface area contributed by atoms with Gasteiger partial charge in [0.05, 0.1) is 0 Å². The molecule has 0 radical (unpaired) electrons. The summed E-state index contributed by atoms with van der Waals surface area (Å²) in [7, 11) is 0. The van der Waals surface area contributed by atoms with Crippen molar-refractivity contribution in [1.82, 2.24) is 10.2 Å². The molecule has 0 amide bonds. The van der Waals surface area contributed by atoms with Gasteiger partial charge in [0.25, 0.3) is 0 Å². The van der Waals surface area contributed by atoms with Crippen molar-refractivity contribution in [2.75, 3.05) is 37.6 Å². The van der Waals surface area contributed by atoms with E-state index in [1.54, 1.807) is 0 Å². The monoisotopic (exact) mass is 289 g/mol. The quantitative estimate of drug-likeness (QED) is 0.778. The molecule has 1 saturated heterocycles. The van der Waals surface area contributed by atoms with Crippen molar-refractivity contribution >= 4 is 5.69 Å². The molecule has 118 valence electrons. The van der Waals surface area contributed by atoms with Gasteiger partial charge in [-0.3, -0.25) is 4.90 Å². The molecule has 1 aliphatic rings. The lowest BCUT2D eigenvalue weighted by Crippen LogP contribution is -2.49. The molecule has 0 spiro atoms. The van der Waals surface area contributed by atoms with Crippen molar-refractivity contribution in [3.63, 3.8) is 0 Å². The van der Waals surface area contributed by atoms with Crippen LogP contribution in [0.1, 0.15) is 39.2 Å². The van der Waals surface area contributed by atoms with E-state index < -0.39 is 0 Å². The highest BCUT2D eigenvalue weighted by Crippen LogP contribution is 2.22. The number of hydrogen-bond acceptors (Lipinski definition) is 3. The Morgan fingerprint density at radius 2 is 1.81 bits per heavy atom. The van der Waals surface area contributed by atoms with Crippen molar-refractivity contribution in [3.8, 4) is 0 Å². The number of para-hydroxylation sites is 1. The molecule has 1 unspecified atom stereocenters. The molecule has 21 heavy (non-hydrogen) atoms. The Kier molecular flexibility index (Phi) is 6.52. The summed E-state index contributed by atoms with van der Waals surface area (Å²) in [5.41, 5.74) is 2.85. The fourth-order valence-corrected chi connectivity index (χ4v) is 3.03. The molecule has 3 heteroatoms. The van der Waals surface area contributed by atoms with Gasteiger partial charge in [-0.2, -0.15) is 0 Å². The predicted molar refractivity (Wildman–Crippen MR) is 92.0 cm³/mol. The molecular weight excluding hydrogens is 258 g/mol. The van der Waals surface area contributed by atoms with Crippen LogP contribution in [0.5, 0.6) is 0 Å². The first kappa shape index (κ1) is 16.3. The van der Waals surface area contributed by atoms with Crippen LogP contribution in [0.4, 0.5) is 5.69 Å². The second-order valence-electron chi connectivity index (χ2n) is 6.09. The number of benzene rings is 1. The summed E-state index contributed by atoms with van der Waals surface area (Å²) in [6.45, 7) is 13.6. The third-order valence-corrected chi connectivity index (χ3v) is 4.60. The number of nitrogens with one attached hydrogen (secondary N) is 1. The highest BCUT2D eigenvalue weighted by molar-refractivity contribution is 5.54. The van der Waals surface area contributed by atoms with Gasteiger partial charge in [-0.1, -0.05) is 32.0 Å². The standard InChI is InChI=1S/C18H31N3/c1-4-10-19-15-17-8-6-7-9-18(17)21-13-11-20(12-14-21)16(3)5-2/h6-9,16,19H,4-5,10-15H2,1-3H3. The molecule has 3 nitrogen and oxygen atoms in total. The first-order valence-corrected chi connectivity index (χ1v) is 8.53. The number of hydrogen-bond donors (Lipinski definition) is 1. The van der Waals surface area contributed by atoms with Gasteiger partial charge < -0.3 is 10.2 Å². The maximum absolute atomic E-state index is 3.53. The molecule has 1 aromatic rings. The molecular formula is C18H31N3. The molecule has 0 bridgehead atoms. The predicted octanol–water partition coefficient (Wildman–Crippen LogP) is 3.11. The summed E-state index contributed by atoms with van der Waals surface area (Å²) >= 11 is 0. The van der Waals surface area contributed by atoms with E-state index in [4.69, 9.17) is 0 Å². The zero-order chi connectivity index (χ0) is 15.1. The Labute approximate surface area is 130 Å². The van der Waals surface area contributed by atoms with Crippen molar-refractivity contribution < 1.29 is 0 Å². The Morgan fingerprint density at radius 3 is 2.48 bits per heavy atom. The molecule has 1 heterocycles. The summed E-state index contributed by atoms with van der Waals surface area (Å²) in [6.07, 6.45) is 2.44. The largest absolute Gasteiger partial charge is 0.369 e. The minimum Gasteiger partial charge on any atom is -0.369 e. The van der Waals surface area contributed by atoms with E-state index in [9.17, 15) is 0 Å². The van der Waals surface area contributed by atoms with E-state index in [2.05, 4.69) is 60.2 Å². The van der Waals surface area contributed by atoms with Crippen LogP contribution in [-0.2, 0) is 6.54 Å². The van der Waals surface area contributed by atoms with E-state index in [0.29, 0.717) is 6.04 Å². The fraction of sp³-hybridized carbons (Fsp3) is 0.667. The van der Waals surface area contributed by atoms with Crippen LogP contribution in [0.25, 0.3) is 0 Å². The highest BCUT2D eigenvalue weighted by atomic mass is 15.3. The van der Waals surface area contributed by atoms with Crippen molar-refractivity contribution in [2.45, 2.75) is 46.2 Å². The molecule has 0 aliphatic carbocycles. The minimum atomic E-state index is 0.716. The molecule has 0 saturated carbocycles. The number of rotatable bonds is 7. The average molecular weight is 289 g/mol. The zero-order valence-corrected chi connectivity index (χ0v) is 13.9. The van der Waals surface area contributed by atoms with E-state index in [1.807, 2.05) is 0 Å². The second-order valence-corrected chi connectivity index (χ2v) is 6.09. The minimum absolute atomic E-state index is 0.716. The van der Waals surface area contributed by atoms with Crippen molar-refractivity contribution in [1.29, 1.82) is 0 Å². The fourth-order valence-electron chi connectivity index (χ4n) is 3.03. The van der Waals surface area contributed by atoms with Gasteiger partial charge in [0, 0.05) is 44.5 Å². The van der Waals surface area contributed by atoms with Gasteiger partial charge in [-0.05, 0) is 37.9 Å². The van der Waals surface area contributed by atoms with Crippen molar-refractivity contribution in [2.24, 2.45) is 0 Å². The Morgan fingerprint density at radius 1 is 1.10 bits per heavy atom. The van der Waals surface area contributed by atoms with Gasteiger partial charge in [-0.25, -0.2) is 0 Å². The molecule has 0 aromatic heterocycles. The first-order chi connectivity index (χ1) is 10.3. The van der Waals surface area contributed by atoms with Crippen LogP contribution in [0.3, 0.4) is 0 Å². The van der Waals surface area contributed by atoms with Crippen LogP contribution in [-0.4, -0.2) is 43.7 Å². The van der Waals surface area contributed by atoms with E-state index in [0.717, 1.165) is 26.2 Å². The summed E-state index contributed by atoms with van der Waals surface area (Å²) in [6, 6.07) is 9.58. The van der Waals surface area contributed by atoms with E-state index in [-0.39, 0.29) is 0 Å². The molecule has 1 aliphatic heterocycles. The van der Waals surface area contributed by atoms with Gasteiger partial charge in [-0.15, -0.1) is 0 Å². The summed E-state index contributed by atoms with van der Waals surface area (Å²) < 4.78 is 0.